The molecule has 0 aliphatic heterocycles. The second kappa shape index (κ2) is 8.35. The number of fused-ring (bicyclic) bond motifs is 1. The Morgan fingerprint density at radius 1 is 1.31 bits per heavy atom. The second-order valence-electron chi connectivity index (χ2n) is 6.14. The average Bonchev–Trinajstić information content (AvgIpc) is 3.05. The molecule has 1 aromatic carbocycles. The van der Waals surface area contributed by atoms with E-state index in [1.807, 2.05) is 25.1 Å². The third kappa shape index (κ3) is 4.17. The van der Waals surface area contributed by atoms with Gasteiger partial charge in [0.2, 0.25) is 11.8 Å². The third-order valence-corrected chi connectivity index (χ3v) is 5.61. The molecule has 138 valence electrons. The van der Waals surface area contributed by atoms with Crippen LogP contribution in [0, 0.1) is 6.92 Å². The number of benzene rings is 1. The van der Waals surface area contributed by atoms with E-state index in [9.17, 15) is 4.79 Å². The number of rotatable bonds is 7. The van der Waals surface area contributed by atoms with Gasteiger partial charge < -0.3 is 4.42 Å². The molecule has 2 heterocycles. The fourth-order valence-electron chi connectivity index (χ4n) is 2.66. The number of halogens is 1. The molecule has 0 bridgehead atoms. The minimum atomic E-state index is -0.0894. The van der Waals surface area contributed by atoms with Crippen LogP contribution in [0.15, 0.2) is 37.0 Å². The predicted octanol–water partition coefficient (Wildman–Crippen LogP) is 4.89. The SMILES string of the molecule is CCCCCn1c(SC(C)c2nnc(C)o2)nc2ccc(Br)cc2c1=O. The molecule has 3 aromatic rings. The van der Waals surface area contributed by atoms with E-state index in [1.165, 1.54) is 11.8 Å². The molecule has 0 fully saturated rings. The van der Waals surface area contributed by atoms with E-state index in [0.717, 1.165) is 23.7 Å². The van der Waals surface area contributed by atoms with E-state index >= 15 is 0 Å². The van der Waals surface area contributed by atoms with Gasteiger partial charge in [-0.25, -0.2) is 4.98 Å². The summed E-state index contributed by atoms with van der Waals surface area (Å²) in [4.78, 5) is 17.8. The summed E-state index contributed by atoms with van der Waals surface area (Å²) in [5.41, 5.74) is 0.685. The van der Waals surface area contributed by atoms with Gasteiger partial charge in [0.25, 0.3) is 5.56 Å². The van der Waals surface area contributed by atoms with E-state index in [0.29, 0.717) is 34.4 Å². The highest BCUT2D eigenvalue weighted by atomic mass is 79.9. The monoisotopic (exact) mass is 436 g/mol. The summed E-state index contributed by atoms with van der Waals surface area (Å²) in [6.45, 7) is 6.54. The second-order valence-corrected chi connectivity index (χ2v) is 8.36. The van der Waals surface area contributed by atoms with E-state index in [-0.39, 0.29) is 10.8 Å². The van der Waals surface area contributed by atoms with Crippen LogP contribution in [0.4, 0.5) is 0 Å². The van der Waals surface area contributed by atoms with Crippen LogP contribution in [0.2, 0.25) is 0 Å². The van der Waals surface area contributed by atoms with Crippen molar-refractivity contribution in [3.63, 3.8) is 0 Å². The van der Waals surface area contributed by atoms with Gasteiger partial charge in [-0.1, -0.05) is 47.5 Å². The number of aryl methyl sites for hydroxylation is 1. The molecule has 1 unspecified atom stereocenters. The van der Waals surface area contributed by atoms with Gasteiger partial charge in [0.15, 0.2) is 5.16 Å². The molecule has 0 amide bonds. The lowest BCUT2D eigenvalue weighted by atomic mass is 10.2. The van der Waals surface area contributed by atoms with Crippen molar-refractivity contribution < 1.29 is 4.42 Å². The molecule has 2 aromatic heterocycles. The molecule has 0 spiro atoms. The molecule has 0 aliphatic rings. The first-order valence-corrected chi connectivity index (χ1v) is 10.3. The van der Waals surface area contributed by atoms with Crippen molar-refractivity contribution >= 4 is 38.6 Å². The number of unbranched alkanes of at least 4 members (excludes halogenated alkanes) is 2. The first-order valence-electron chi connectivity index (χ1n) is 8.66. The quantitative estimate of drug-likeness (QED) is 0.298. The largest absolute Gasteiger partial charge is 0.424 e. The summed E-state index contributed by atoms with van der Waals surface area (Å²) in [6, 6.07) is 5.60. The van der Waals surface area contributed by atoms with Crippen LogP contribution in [-0.2, 0) is 6.54 Å². The first-order chi connectivity index (χ1) is 12.5. The molecule has 1 atom stereocenters. The molecule has 0 saturated carbocycles. The molecule has 8 heteroatoms. The fraction of sp³-hybridized carbons (Fsp3) is 0.444. The third-order valence-electron chi connectivity index (χ3n) is 4.04. The topological polar surface area (TPSA) is 73.8 Å². The lowest BCUT2D eigenvalue weighted by molar-refractivity contribution is 0.469. The van der Waals surface area contributed by atoms with Gasteiger partial charge >= 0.3 is 0 Å². The van der Waals surface area contributed by atoms with Crippen molar-refractivity contribution in [3.05, 3.63) is 44.8 Å². The van der Waals surface area contributed by atoms with Crippen LogP contribution in [-0.4, -0.2) is 19.7 Å². The zero-order valence-electron chi connectivity index (χ0n) is 15.0. The maximum Gasteiger partial charge on any atom is 0.262 e. The average molecular weight is 437 g/mol. The Morgan fingerprint density at radius 2 is 2.12 bits per heavy atom. The molecule has 26 heavy (non-hydrogen) atoms. The Balaban J connectivity index is 2.02. The van der Waals surface area contributed by atoms with E-state index in [4.69, 9.17) is 9.40 Å². The van der Waals surface area contributed by atoms with Gasteiger partial charge in [0.05, 0.1) is 16.2 Å². The van der Waals surface area contributed by atoms with Gasteiger partial charge in [-0.3, -0.25) is 9.36 Å². The minimum Gasteiger partial charge on any atom is -0.424 e. The van der Waals surface area contributed by atoms with Gasteiger partial charge in [0, 0.05) is 17.9 Å². The van der Waals surface area contributed by atoms with Crippen LogP contribution < -0.4 is 5.56 Å². The first kappa shape index (κ1) is 19.1. The normalized spacial score (nSPS) is 12.6. The molecule has 0 aliphatic carbocycles. The number of thioether (sulfide) groups is 1. The van der Waals surface area contributed by atoms with Crippen molar-refractivity contribution in [1.29, 1.82) is 0 Å². The van der Waals surface area contributed by atoms with Crippen molar-refractivity contribution in [2.24, 2.45) is 0 Å². The minimum absolute atomic E-state index is 0.0104. The Hall–Kier alpha value is -1.67. The maximum atomic E-state index is 13.1. The van der Waals surface area contributed by atoms with Crippen LogP contribution in [0.25, 0.3) is 10.9 Å². The van der Waals surface area contributed by atoms with Crippen molar-refractivity contribution in [2.75, 3.05) is 0 Å². The number of hydrogen-bond acceptors (Lipinski definition) is 6. The number of hydrogen-bond donors (Lipinski definition) is 0. The maximum absolute atomic E-state index is 13.1. The Labute approximate surface area is 164 Å². The van der Waals surface area contributed by atoms with Gasteiger partial charge in [-0.05, 0) is 31.5 Å². The summed E-state index contributed by atoms with van der Waals surface area (Å²) >= 11 is 4.91. The van der Waals surface area contributed by atoms with E-state index < -0.39 is 0 Å². The highest BCUT2D eigenvalue weighted by molar-refractivity contribution is 9.10. The standard InChI is InChI=1S/C18H21BrN4O2S/c1-4-5-6-9-23-17(24)14-10-13(19)7-8-15(14)20-18(23)26-11(2)16-22-21-12(3)25-16/h7-8,10-11H,4-6,9H2,1-3H3. The molecule has 0 saturated heterocycles. The lowest BCUT2D eigenvalue weighted by Gasteiger charge is -2.15. The zero-order chi connectivity index (χ0) is 18.7. The number of aromatic nitrogens is 4. The molecule has 0 radical (unpaired) electrons. The summed E-state index contributed by atoms with van der Waals surface area (Å²) in [5, 5.41) is 9.19. The van der Waals surface area contributed by atoms with Gasteiger partial charge in [-0.15, -0.1) is 10.2 Å². The van der Waals surface area contributed by atoms with Crippen molar-refractivity contribution in [3.8, 4) is 0 Å². The molecular formula is C18H21BrN4O2S. The smallest absolute Gasteiger partial charge is 0.262 e. The summed E-state index contributed by atoms with van der Waals surface area (Å²) < 4.78 is 8.17. The Morgan fingerprint density at radius 3 is 2.81 bits per heavy atom. The van der Waals surface area contributed by atoms with Crippen LogP contribution in [0.5, 0.6) is 0 Å². The predicted molar refractivity (Wildman–Crippen MR) is 107 cm³/mol. The fourth-order valence-corrected chi connectivity index (χ4v) is 3.99. The highest BCUT2D eigenvalue weighted by Gasteiger charge is 2.19. The molecule has 0 N–H and O–H groups in total. The van der Waals surface area contributed by atoms with E-state index in [2.05, 4.69) is 33.1 Å². The summed E-state index contributed by atoms with van der Waals surface area (Å²) in [7, 11) is 0. The Bertz CT molecular complexity index is 969. The molecular weight excluding hydrogens is 416 g/mol. The number of nitrogens with zero attached hydrogens (tertiary/aromatic N) is 4. The molecule has 3 rings (SSSR count). The van der Waals surface area contributed by atoms with Gasteiger partial charge in [0.1, 0.15) is 0 Å². The summed E-state index contributed by atoms with van der Waals surface area (Å²) in [6.07, 6.45) is 3.12. The van der Waals surface area contributed by atoms with Crippen molar-refractivity contribution in [1.82, 2.24) is 19.7 Å². The van der Waals surface area contributed by atoms with Gasteiger partial charge in [-0.2, -0.15) is 0 Å². The highest BCUT2D eigenvalue weighted by Crippen LogP contribution is 2.33. The van der Waals surface area contributed by atoms with E-state index in [1.54, 1.807) is 11.5 Å². The van der Waals surface area contributed by atoms with Crippen LogP contribution >= 0.6 is 27.7 Å². The van der Waals surface area contributed by atoms with Crippen molar-refractivity contribution in [2.45, 2.75) is 57.0 Å². The zero-order valence-corrected chi connectivity index (χ0v) is 17.4. The van der Waals surface area contributed by atoms with Crippen LogP contribution in [0.1, 0.15) is 50.1 Å². The molecule has 6 nitrogen and oxygen atoms in total. The van der Waals surface area contributed by atoms with Crippen LogP contribution in [0.3, 0.4) is 0 Å². The Kier molecular flexibility index (Phi) is 6.13. The summed E-state index contributed by atoms with van der Waals surface area (Å²) in [5.74, 6) is 1.07. The lowest BCUT2D eigenvalue weighted by Crippen LogP contribution is -2.23.